The maximum absolute atomic E-state index is 10.7. The number of aromatic nitrogens is 3. The standard InChI is InChI=1S/C7H5N3O2S/c11-6(12)5-1-2-9-10(5)7-8-3-4-13-7/h1-4H,(H,11,12). The lowest BCUT2D eigenvalue weighted by atomic mass is 10.4. The van der Waals surface area contributed by atoms with Gasteiger partial charge in [0.15, 0.2) is 5.69 Å². The average molecular weight is 195 g/mol. The van der Waals surface area contributed by atoms with Crippen LogP contribution in [0.3, 0.4) is 0 Å². The molecule has 2 aromatic rings. The van der Waals surface area contributed by atoms with Gasteiger partial charge < -0.3 is 5.11 Å². The number of nitrogens with zero attached hydrogens (tertiary/aromatic N) is 3. The molecule has 0 bridgehead atoms. The molecule has 2 rings (SSSR count). The van der Waals surface area contributed by atoms with Crippen molar-refractivity contribution in [2.75, 3.05) is 0 Å². The van der Waals surface area contributed by atoms with Crippen LogP contribution in [0.15, 0.2) is 23.8 Å². The second-order valence-corrected chi connectivity index (χ2v) is 3.12. The number of thiazole rings is 1. The van der Waals surface area contributed by atoms with Crippen molar-refractivity contribution in [3.05, 3.63) is 29.5 Å². The highest BCUT2D eigenvalue weighted by atomic mass is 32.1. The minimum absolute atomic E-state index is 0.120. The average Bonchev–Trinajstić information content (AvgIpc) is 2.74. The Morgan fingerprint density at radius 2 is 2.38 bits per heavy atom. The summed E-state index contributed by atoms with van der Waals surface area (Å²) in [5.41, 5.74) is 0.120. The topological polar surface area (TPSA) is 68.0 Å². The van der Waals surface area contributed by atoms with Gasteiger partial charge in [-0.25, -0.2) is 9.78 Å². The van der Waals surface area contributed by atoms with Crippen molar-refractivity contribution in [1.82, 2.24) is 14.8 Å². The van der Waals surface area contributed by atoms with Crippen molar-refractivity contribution in [3.8, 4) is 5.13 Å². The molecule has 0 atom stereocenters. The summed E-state index contributed by atoms with van der Waals surface area (Å²) in [6.07, 6.45) is 3.04. The minimum Gasteiger partial charge on any atom is -0.477 e. The second-order valence-electron chi connectivity index (χ2n) is 2.25. The zero-order chi connectivity index (χ0) is 9.26. The van der Waals surface area contributed by atoms with Gasteiger partial charge in [-0.1, -0.05) is 0 Å². The smallest absolute Gasteiger partial charge is 0.354 e. The summed E-state index contributed by atoms with van der Waals surface area (Å²) >= 11 is 1.34. The third kappa shape index (κ3) is 1.31. The largest absolute Gasteiger partial charge is 0.477 e. The summed E-state index contributed by atoms with van der Waals surface area (Å²) in [4.78, 5) is 14.7. The summed E-state index contributed by atoms with van der Waals surface area (Å²) < 4.78 is 1.30. The first-order valence-corrected chi connectivity index (χ1v) is 4.34. The Morgan fingerprint density at radius 1 is 1.54 bits per heavy atom. The molecule has 6 heteroatoms. The number of carboxylic acid groups (broad SMARTS) is 1. The lowest BCUT2D eigenvalue weighted by Crippen LogP contribution is -2.07. The Hall–Kier alpha value is -1.69. The van der Waals surface area contributed by atoms with Crippen molar-refractivity contribution in [3.63, 3.8) is 0 Å². The first kappa shape index (κ1) is 7.93. The van der Waals surface area contributed by atoms with Gasteiger partial charge in [-0.15, -0.1) is 11.3 Å². The molecule has 0 amide bonds. The fraction of sp³-hybridized carbons (Fsp3) is 0. The van der Waals surface area contributed by atoms with Gasteiger partial charge in [-0.2, -0.15) is 9.78 Å². The fourth-order valence-electron chi connectivity index (χ4n) is 0.938. The lowest BCUT2D eigenvalue weighted by Gasteiger charge is -1.97. The fourth-order valence-corrected chi connectivity index (χ4v) is 1.55. The molecule has 66 valence electrons. The molecular weight excluding hydrogens is 190 g/mol. The molecule has 0 aliphatic carbocycles. The highest BCUT2D eigenvalue weighted by Crippen LogP contribution is 2.12. The molecule has 2 aromatic heterocycles. The van der Waals surface area contributed by atoms with Crippen LogP contribution in [0.25, 0.3) is 5.13 Å². The van der Waals surface area contributed by atoms with E-state index in [2.05, 4.69) is 10.1 Å². The second kappa shape index (κ2) is 2.98. The van der Waals surface area contributed by atoms with Crippen molar-refractivity contribution in [1.29, 1.82) is 0 Å². The molecule has 0 unspecified atom stereocenters. The molecule has 0 fully saturated rings. The minimum atomic E-state index is -1.01. The number of rotatable bonds is 2. The van der Waals surface area contributed by atoms with Crippen molar-refractivity contribution < 1.29 is 9.90 Å². The SMILES string of the molecule is O=C(O)c1ccnn1-c1nccs1. The molecule has 5 nitrogen and oxygen atoms in total. The van der Waals surface area contributed by atoms with Gasteiger partial charge in [0.05, 0.1) is 6.20 Å². The number of hydrogen-bond acceptors (Lipinski definition) is 4. The van der Waals surface area contributed by atoms with E-state index in [0.717, 1.165) is 0 Å². The van der Waals surface area contributed by atoms with Gasteiger partial charge in [-0.05, 0) is 6.07 Å². The summed E-state index contributed by atoms with van der Waals surface area (Å²) in [5, 5.41) is 15.0. The highest BCUT2D eigenvalue weighted by Gasteiger charge is 2.12. The Kier molecular flexibility index (Phi) is 1.82. The Balaban J connectivity index is 2.52. The molecule has 0 aromatic carbocycles. The molecule has 0 radical (unpaired) electrons. The number of carboxylic acids is 1. The predicted octanol–water partition coefficient (Wildman–Crippen LogP) is 1.03. The summed E-state index contributed by atoms with van der Waals surface area (Å²) in [6.45, 7) is 0. The first-order chi connectivity index (χ1) is 6.29. The van der Waals surface area contributed by atoms with Crippen LogP contribution >= 0.6 is 11.3 Å². The van der Waals surface area contributed by atoms with Gasteiger partial charge in [0.2, 0.25) is 5.13 Å². The molecule has 13 heavy (non-hydrogen) atoms. The van der Waals surface area contributed by atoms with Gasteiger partial charge in [0.1, 0.15) is 0 Å². The van der Waals surface area contributed by atoms with Crippen LogP contribution in [0.1, 0.15) is 10.5 Å². The Morgan fingerprint density at radius 3 is 3.00 bits per heavy atom. The Bertz CT molecular complexity index is 421. The predicted molar refractivity (Wildman–Crippen MR) is 46.2 cm³/mol. The van der Waals surface area contributed by atoms with E-state index in [9.17, 15) is 4.79 Å². The maximum atomic E-state index is 10.7. The van der Waals surface area contributed by atoms with Crippen LogP contribution in [-0.2, 0) is 0 Å². The van der Waals surface area contributed by atoms with Gasteiger partial charge in [-0.3, -0.25) is 0 Å². The van der Waals surface area contributed by atoms with Crippen LogP contribution in [0.4, 0.5) is 0 Å². The van der Waals surface area contributed by atoms with Gasteiger partial charge in [0, 0.05) is 11.6 Å². The number of hydrogen-bond donors (Lipinski definition) is 1. The van der Waals surface area contributed by atoms with E-state index in [-0.39, 0.29) is 5.69 Å². The van der Waals surface area contributed by atoms with E-state index in [4.69, 9.17) is 5.11 Å². The zero-order valence-electron chi connectivity index (χ0n) is 6.41. The van der Waals surface area contributed by atoms with Crippen molar-refractivity contribution >= 4 is 17.3 Å². The van der Waals surface area contributed by atoms with E-state index in [1.807, 2.05) is 0 Å². The lowest BCUT2D eigenvalue weighted by molar-refractivity contribution is 0.0687. The summed E-state index contributed by atoms with van der Waals surface area (Å²) in [5.74, 6) is -1.01. The third-order valence-corrected chi connectivity index (χ3v) is 2.21. The van der Waals surface area contributed by atoms with E-state index >= 15 is 0 Å². The van der Waals surface area contributed by atoms with E-state index in [0.29, 0.717) is 5.13 Å². The quantitative estimate of drug-likeness (QED) is 0.777. The summed E-state index contributed by atoms with van der Waals surface area (Å²) in [6, 6.07) is 1.43. The first-order valence-electron chi connectivity index (χ1n) is 3.46. The monoisotopic (exact) mass is 195 g/mol. The van der Waals surface area contributed by atoms with Crippen LogP contribution in [0.5, 0.6) is 0 Å². The van der Waals surface area contributed by atoms with Crippen LogP contribution < -0.4 is 0 Å². The van der Waals surface area contributed by atoms with Crippen molar-refractivity contribution in [2.45, 2.75) is 0 Å². The van der Waals surface area contributed by atoms with Gasteiger partial charge >= 0.3 is 5.97 Å². The highest BCUT2D eigenvalue weighted by molar-refractivity contribution is 7.12. The van der Waals surface area contributed by atoms with E-state index in [1.54, 1.807) is 11.6 Å². The molecular formula is C7H5N3O2S. The molecule has 0 saturated heterocycles. The van der Waals surface area contributed by atoms with Gasteiger partial charge in [0.25, 0.3) is 0 Å². The number of carbonyl (C=O) groups is 1. The molecule has 0 saturated carbocycles. The maximum Gasteiger partial charge on any atom is 0.354 e. The molecule has 0 aliphatic heterocycles. The third-order valence-electron chi connectivity index (χ3n) is 1.46. The Labute approximate surface area is 77.3 Å². The number of aromatic carboxylic acids is 1. The molecule has 0 spiro atoms. The van der Waals surface area contributed by atoms with Crippen LogP contribution in [0, 0.1) is 0 Å². The normalized spacial score (nSPS) is 10.2. The summed E-state index contributed by atoms with van der Waals surface area (Å²) in [7, 11) is 0. The zero-order valence-corrected chi connectivity index (χ0v) is 7.23. The molecule has 1 N–H and O–H groups in total. The molecule has 2 heterocycles. The molecule has 0 aliphatic rings. The van der Waals surface area contributed by atoms with E-state index < -0.39 is 5.97 Å². The van der Waals surface area contributed by atoms with Crippen LogP contribution in [-0.4, -0.2) is 25.8 Å². The van der Waals surface area contributed by atoms with Crippen molar-refractivity contribution in [2.24, 2.45) is 0 Å². The van der Waals surface area contributed by atoms with Crippen LogP contribution in [0.2, 0.25) is 0 Å². The van der Waals surface area contributed by atoms with E-state index in [1.165, 1.54) is 28.3 Å².